The molecule has 27 heavy (non-hydrogen) atoms. The normalized spacial score (nSPS) is 19.5. The highest BCUT2D eigenvalue weighted by molar-refractivity contribution is 6.31. The first-order valence-corrected chi connectivity index (χ1v) is 9.85. The van der Waals surface area contributed by atoms with Crippen LogP contribution in [0, 0.1) is 11.8 Å². The van der Waals surface area contributed by atoms with Gasteiger partial charge in [0.15, 0.2) is 0 Å². The lowest BCUT2D eigenvalue weighted by molar-refractivity contribution is -0.118. The maximum absolute atomic E-state index is 11.6. The fourth-order valence-corrected chi connectivity index (χ4v) is 4.08. The average Bonchev–Trinajstić information content (AvgIpc) is 2.66. The molecule has 0 saturated heterocycles. The van der Waals surface area contributed by atoms with Gasteiger partial charge in [-0.05, 0) is 50.2 Å². The molecule has 0 radical (unpaired) electrons. The van der Waals surface area contributed by atoms with Crippen LogP contribution in [0.15, 0.2) is 30.5 Å². The summed E-state index contributed by atoms with van der Waals surface area (Å²) in [6.07, 6.45) is 7.71. The molecule has 1 aromatic carbocycles. The molecule has 6 heteroatoms. The van der Waals surface area contributed by atoms with E-state index in [0.29, 0.717) is 29.2 Å². The topological polar surface area (TPSA) is 64.1 Å². The number of para-hydroxylation sites is 2. The molecule has 1 aromatic heterocycles. The predicted molar refractivity (Wildman–Crippen MR) is 108 cm³/mol. The molecule has 0 aliphatic heterocycles. The number of halogens is 1. The van der Waals surface area contributed by atoms with Crippen LogP contribution < -0.4 is 10.1 Å². The Balaban J connectivity index is 1.77. The molecule has 2 aromatic rings. The molecule has 5 nitrogen and oxygen atoms in total. The smallest absolute Gasteiger partial charge is 0.227 e. The molecule has 144 valence electrons. The fourth-order valence-electron chi connectivity index (χ4n) is 3.91. The number of nitrogens with zero attached hydrogens (tertiary/aromatic N) is 2. The molecule has 3 rings (SSSR count). The van der Waals surface area contributed by atoms with Crippen molar-refractivity contribution in [2.75, 3.05) is 12.4 Å². The Hall–Kier alpha value is -2.14. The number of rotatable bonds is 7. The monoisotopic (exact) mass is 387 g/mol. The van der Waals surface area contributed by atoms with E-state index in [-0.39, 0.29) is 5.78 Å². The third-order valence-electron chi connectivity index (χ3n) is 5.24. The van der Waals surface area contributed by atoms with Crippen LogP contribution in [0.3, 0.4) is 0 Å². The summed E-state index contributed by atoms with van der Waals surface area (Å²) in [5.74, 6) is 2.35. The van der Waals surface area contributed by atoms with E-state index in [2.05, 4.69) is 15.3 Å². The van der Waals surface area contributed by atoms with Crippen molar-refractivity contribution in [3.63, 3.8) is 0 Å². The lowest BCUT2D eigenvalue weighted by atomic mass is 9.75. The molecule has 1 aliphatic carbocycles. The summed E-state index contributed by atoms with van der Waals surface area (Å²) in [6, 6.07) is 7.64. The van der Waals surface area contributed by atoms with Gasteiger partial charge in [-0.2, -0.15) is 0 Å². The molecule has 1 saturated carbocycles. The number of ketones is 1. The Labute approximate surface area is 165 Å². The molecule has 1 N–H and O–H groups in total. The number of methoxy groups -OCH3 is 1. The number of hydrogen-bond acceptors (Lipinski definition) is 5. The second-order valence-corrected chi connectivity index (χ2v) is 7.64. The molecule has 0 spiro atoms. The van der Waals surface area contributed by atoms with Gasteiger partial charge in [0, 0.05) is 6.42 Å². The van der Waals surface area contributed by atoms with Gasteiger partial charge in [0.05, 0.1) is 29.7 Å². The Morgan fingerprint density at radius 3 is 2.74 bits per heavy atom. The quantitative estimate of drug-likeness (QED) is 0.706. The van der Waals surface area contributed by atoms with Crippen LogP contribution in [0.4, 0.5) is 11.6 Å². The number of ether oxygens (including phenoxy) is 1. The number of aromatic nitrogens is 2. The zero-order chi connectivity index (χ0) is 19.2. The van der Waals surface area contributed by atoms with Gasteiger partial charge in [-0.3, -0.25) is 0 Å². The van der Waals surface area contributed by atoms with Gasteiger partial charge in [0.1, 0.15) is 11.5 Å². The summed E-state index contributed by atoms with van der Waals surface area (Å²) in [7, 11) is 1.63. The Bertz CT molecular complexity index is 797. The molecule has 0 unspecified atom stereocenters. The molecule has 1 fully saturated rings. The number of carbonyl (C=O) groups excluding carboxylic acids is 1. The zero-order valence-corrected chi connectivity index (χ0v) is 16.6. The molecule has 0 amide bonds. The van der Waals surface area contributed by atoms with Crippen molar-refractivity contribution in [3.8, 4) is 5.75 Å². The Morgan fingerprint density at radius 2 is 2.00 bits per heavy atom. The standard InChI is InChI=1S/C21H26ClN3O2/c1-14(26)11-15-7-3-4-8-16(15)12-19-17(22)13-23-21(25-19)24-18-9-5-6-10-20(18)27-2/h5-6,9-10,13,15-16H,3-4,7-8,11-12H2,1-2H3,(H,23,24,25)/t15-,16-/m0/s1. The van der Waals surface area contributed by atoms with Gasteiger partial charge in [-0.15, -0.1) is 0 Å². The van der Waals surface area contributed by atoms with Crippen LogP contribution in [0.1, 0.15) is 44.7 Å². The third-order valence-corrected chi connectivity index (χ3v) is 5.56. The number of benzene rings is 1. The van der Waals surface area contributed by atoms with E-state index in [4.69, 9.17) is 16.3 Å². The van der Waals surface area contributed by atoms with Crippen molar-refractivity contribution in [2.45, 2.75) is 45.4 Å². The highest BCUT2D eigenvalue weighted by Crippen LogP contribution is 2.36. The van der Waals surface area contributed by atoms with Crippen LogP contribution in [0.2, 0.25) is 5.02 Å². The molecular weight excluding hydrogens is 362 g/mol. The molecule has 2 atom stereocenters. The van der Waals surface area contributed by atoms with Crippen molar-refractivity contribution in [3.05, 3.63) is 41.2 Å². The van der Waals surface area contributed by atoms with Crippen LogP contribution in [0.25, 0.3) is 0 Å². The molecule has 1 aliphatic rings. The maximum atomic E-state index is 11.6. The maximum Gasteiger partial charge on any atom is 0.227 e. The van der Waals surface area contributed by atoms with Gasteiger partial charge >= 0.3 is 0 Å². The summed E-state index contributed by atoms with van der Waals surface area (Å²) in [4.78, 5) is 20.6. The summed E-state index contributed by atoms with van der Waals surface area (Å²) in [5.41, 5.74) is 1.64. The first-order valence-electron chi connectivity index (χ1n) is 9.47. The van der Waals surface area contributed by atoms with E-state index in [1.54, 1.807) is 20.2 Å². The second kappa shape index (κ2) is 9.18. The minimum absolute atomic E-state index is 0.263. The van der Waals surface area contributed by atoms with Crippen molar-refractivity contribution >= 4 is 29.0 Å². The van der Waals surface area contributed by atoms with Gasteiger partial charge in [-0.25, -0.2) is 9.97 Å². The summed E-state index contributed by atoms with van der Waals surface area (Å²) in [5, 5.41) is 3.79. The predicted octanol–water partition coefficient (Wildman–Crippen LogP) is 5.21. The highest BCUT2D eigenvalue weighted by Gasteiger charge is 2.27. The van der Waals surface area contributed by atoms with Crippen LogP contribution >= 0.6 is 11.6 Å². The SMILES string of the molecule is COc1ccccc1Nc1ncc(Cl)c(C[C@@H]2CCCC[C@H]2CC(C)=O)n1. The number of Topliss-reactive ketones (excluding diaryl/α,β-unsaturated/α-hetero) is 1. The highest BCUT2D eigenvalue weighted by atomic mass is 35.5. The van der Waals surface area contributed by atoms with Crippen molar-refractivity contribution in [1.82, 2.24) is 9.97 Å². The van der Waals surface area contributed by atoms with Gasteiger partial charge in [-0.1, -0.05) is 36.6 Å². The number of anilines is 2. The number of carbonyl (C=O) groups is 1. The van der Waals surface area contributed by atoms with E-state index in [9.17, 15) is 4.79 Å². The van der Waals surface area contributed by atoms with E-state index >= 15 is 0 Å². The van der Waals surface area contributed by atoms with Crippen LogP contribution in [-0.4, -0.2) is 22.9 Å². The van der Waals surface area contributed by atoms with E-state index in [0.717, 1.165) is 36.4 Å². The minimum Gasteiger partial charge on any atom is -0.495 e. The summed E-state index contributed by atoms with van der Waals surface area (Å²) >= 11 is 6.39. The number of hydrogen-bond donors (Lipinski definition) is 1. The Kier molecular flexibility index (Phi) is 6.67. The second-order valence-electron chi connectivity index (χ2n) is 7.23. The van der Waals surface area contributed by atoms with Crippen molar-refractivity contribution < 1.29 is 9.53 Å². The first kappa shape index (κ1) is 19.6. The lowest BCUT2D eigenvalue weighted by Crippen LogP contribution is -2.24. The summed E-state index contributed by atoms with van der Waals surface area (Å²) in [6.45, 7) is 1.68. The summed E-state index contributed by atoms with van der Waals surface area (Å²) < 4.78 is 5.37. The van der Waals surface area contributed by atoms with Crippen molar-refractivity contribution in [2.24, 2.45) is 11.8 Å². The molecular formula is C21H26ClN3O2. The van der Waals surface area contributed by atoms with E-state index < -0.39 is 0 Å². The van der Waals surface area contributed by atoms with Crippen LogP contribution in [-0.2, 0) is 11.2 Å². The fraction of sp³-hybridized carbons (Fsp3) is 0.476. The van der Waals surface area contributed by atoms with Crippen LogP contribution in [0.5, 0.6) is 5.75 Å². The van der Waals surface area contributed by atoms with Crippen molar-refractivity contribution in [1.29, 1.82) is 0 Å². The van der Waals surface area contributed by atoms with Gasteiger partial charge in [0.25, 0.3) is 0 Å². The molecule has 1 heterocycles. The van der Waals surface area contributed by atoms with Gasteiger partial charge < -0.3 is 14.8 Å². The lowest BCUT2D eigenvalue weighted by Gasteiger charge is -2.31. The minimum atomic E-state index is 0.263. The van der Waals surface area contributed by atoms with E-state index in [1.165, 1.54) is 12.8 Å². The number of nitrogens with one attached hydrogen (secondary N) is 1. The molecule has 0 bridgehead atoms. The first-order chi connectivity index (χ1) is 13.1. The zero-order valence-electron chi connectivity index (χ0n) is 15.9. The Morgan fingerprint density at radius 1 is 1.26 bits per heavy atom. The average molecular weight is 388 g/mol. The van der Waals surface area contributed by atoms with Gasteiger partial charge in [0.2, 0.25) is 5.95 Å². The van der Waals surface area contributed by atoms with E-state index in [1.807, 2.05) is 24.3 Å². The third kappa shape index (κ3) is 5.19. The largest absolute Gasteiger partial charge is 0.495 e.